The van der Waals surface area contributed by atoms with Crippen LogP contribution in [0.2, 0.25) is 0 Å². The molecule has 6 nitrogen and oxygen atoms in total. The summed E-state index contributed by atoms with van der Waals surface area (Å²) in [5.41, 5.74) is 5.03. The van der Waals surface area contributed by atoms with Crippen LogP contribution in [-0.2, 0) is 16.0 Å². The zero-order chi connectivity index (χ0) is 23.9. The topological polar surface area (TPSA) is 83.7 Å². The van der Waals surface area contributed by atoms with Crippen LogP contribution in [-0.4, -0.2) is 21.6 Å². The number of fused-ring (bicyclic) bond motifs is 1. The molecule has 0 saturated heterocycles. The van der Waals surface area contributed by atoms with E-state index in [1.165, 1.54) is 5.56 Å². The lowest BCUT2D eigenvalue weighted by molar-refractivity contribution is -0.118. The summed E-state index contributed by atoms with van der Waals surface area (Å²) in [5, 5.41) is 12.0. The van der Waals surface area contributed by atoms with Gasteiger partial charge in [-0.2, -0.15) is 4.68 Å². The maximum Gasteiger partial charge on any atom is 0.279 e. The lowest BCUT2D eigenvalue weighted by Crippen LogP contribution is -2.27. The van der Waals surface area contributed by atoms with Crippen molar-refractivity contribution in [2.75, 3.05) is 5.43 Å². The van der Waals surface area contributed by atoms with E-state index in [-0.39, 0.29) is 26.2 Å². The number of halogens is 1. The van der Waals surface area contributed by atoms with E-state index in [4.69, 9.17) is 12.2 Å². The quantitative estimate of drug-likeness (QED) is 0.457. The minimum absolute atomic E-state index is 0.221. The number of rotatable bonds is 6. The van der Waals surface area contributed by atoms with Crippen LogP contribution in [0.5, 0.6) is 5.88 Å². The number of amides is 2. The smallest absolute Gasteiger partial charge is 0.279 e. The van der Waals surface area contributed by atoms with E-state index in [0.29, 0.717) is 16.5 Å². The van der Waals surface area contributed by atoms with Crippen LogP contribution in [0.3, 0.4) is 0 Å². The fourth-order valence-electron chi connectivity index (χ4n) is 3.71. The third-order valence-corrected chi connectivity index (χ3v) is 7.29. The van der Waals surface area contributed by atoms with Crippen LogP contribution in [0.4, 0.5) is 0 Å². The average molecular weight is 544 g/mol. The summed E-state index contributed by atoms with van der Waals surface area (Å²) in [6, 6.07) is 13.3. The number of carbonyl (C=O) groups excluding carboxylic acids is 2. The second kappa shape index (κ2) is 9.32. The van der Waals surface area contributed by atoms with Gasteiger partial charge in [-0.25, -0.2) is 4.99 Å². The summed E-state index contributed by atoms with van der Waals surface area (Å²) in [6.07, 6.45) is 0.977. The van der Waals surface area contributed by atoms with E-state index < -0.39 is 11.8 Å². The first-order valence-corrected chi connectivity index (χ1v) is 12.4. The molecule has 1 aliphatic rings. The molecule has 0 saturated carbocycles. The molecule has 0 fully saturated rings. The summed E-state index contributed by atoms with van der Waals surface area (Å²) in [6.45, 7) is 6.12. The SMILES string of the molecule is CC(C)Cc1ccc(C(C)C(=O)Nn2c(O)c(C3=c4cc(Br)ccc4=NC3=O)sc2=S)cc1. The van der Waals surface area contributed by atoms with Gasteiger partial charge in [-0.15, -0.1) is 0 Å². The highest BCUT2D eigenvalue weighted by atomic mass is 79.9. The minimum atomic E-state index is -0.463. The molecule has 170 valence electrons. The van der Waals surface area contributed by atoms with Crippen molar-refractivity contribution in [1.29, 1.82) is 0 Å². The Morgan fingerprint density at radius 1 is 1.21 bits per heavy atom. The van der Waals surface area contributed by atoms with E-state index in [0.717, 1.165) is 32.5 Å². The molecular weight excluding hydrogens is 522 g/mol. The predicted octanol–water partition coefficient (Wildman–Crippen LogP) is 4.18. The van der Waals surface area contributed by atoms with Gasteiger partial charge in [0.15, 0.2) is 3.95 Å². The highest BCUT2D eigenvalue weighted by Crippen LogP contribution is 2.32. The molecule has 0 radical (unpaired) electrons. The molecule has 3 aromatic rings. The first-order chi connectivity index (χ1) is 15.7. The number of benzene rings is 2. The summed E-state index contributed by atoms with van der Waals surface area (Å²) in [5.74, 6) is -0.972. The van der Waals surface area contributed by atoms with Gasteiger partial charge in [-0.05, 0) is 60.8 Å². The van der Waals surface area contributed by atoms with Gasteiger partial charge in [0, 0.05) is 9.69 Å². The zero-order valence-electron chi connectivity index (χ0n) is 18.3. The number of carbonyl (C=O) groups is 2. The molecule has 33 heavy (non-hydrogen) atoms. The zero-order valence-corrected chi connectivity index (χ0v) is 21.5. The monoisotopic (exact) mass is 543 g/mol. The summed E-state index contributed by atoms with van der Waals surface area (Å²) < 4.78 is 2.16. The number of thiazole rings is 1. The van der Waals surface area contributed by atoms with Crippen molar-refractivity contribution in [3.63, 3.8) is 0 Å². The van der Waals surface area contributed by atoms with Crippen molar-refractivity contribution < 1.29 is 14.7 Å². The van der Waals surface area contributed by atoms with Crippen LogP contribution in [0.15, 0.2) is 51.9 Å². The largest absolute Gasteiger partial charge is 0.492 e. The van der Waals surface area contributed by atoms with E-state index in [1.54, 1.807) is 25.1 Å². The summed E-state index contributed by atoms with van der Waals surface area (Å²) in [4.78, 5) is 29.8. The highest BCUT2D eigenvalue weighted by molar-refractivity contribution is 9.10. The fourth-order valence-corrected chi connectivity index (χ4v) is 5.33. The molecule has 1 aromatic heterocycles. The molecule has 4 rings (SSSR count). The Morgan fingerprint density at radius 2 is 1.91 bits per heavy atom. The van der Waals surface area contributed by atoms with Crippen LogP contribution >= 0.6 is 39.5 Å². The van der Waals surface area contributed by atoms with Gasteiger partial charge in [-0.1, -0.05) is 65.4 Å². The Labute approximate surface area is 208 Å². The van der Waals surface area contributed by atoms with Crippen molar-refractivity contribution in [1.82, 2.24) is 4.68 Å². The summed E-state index contributed by atoms with van der Waals surface area (Å²) >= 11 is 9.83. The maximum absolute atomic E-state index is 12.9. The first kappa shape index (κ1) is 23.5. The van der Waals surface area contributed by atoms with Gasteiger partial charge >= 0.3 is 0 Å². The van der Waals surface area contributed by atoms with Crippen molar-refractivity contribution >= 4 is 56.9 Å². The van der Waals surface area contributed by atoms with Crippen molar-refractivity contribution in [2.24, 2.45) is 10.9 Å². The molecule has 0 bridgehead atoms. The standard InChI is InChI=1S/C24H22BrN3O3S2/c1-12(2)10-14-4-6-15(7-5-14)13(3)21(29)27-28-23(31)20(33-24(28)32)19-17-11-16(25)8-9-18(17)26-22(19)30/h4-9,11-13,31H,10H2,1-3H3,(H,27,29). The second-order valence-corrected chi connectivity index (χ2v) is 10.9. The Bertz CT molecular complexity index is 1440. The molecule has 2 heterocycles. The number of hydrogen-bond donors (Lipinski definition) is 2. The number of aromatic hydroxyl groups is 1. The third-order valence-electron chi connectivity index (χ3n) is 5.42. The lowest BCUT2D eigenvalue weighted by atomic mass is 9.96. The Kier molecular flexibility index (Phi) is 6.65. The highest BCUT2D eigenvalue weighted by Gasteiger charge is 2.27. The minimum Gasteiger partial charge on any atom is -0.492 e. The second-order valence-electron chi connectivity index (χ2n) is 8.35. The van der Waals surface area contributed by atoms with E-state index in [2.05, 4.69) is 40.2 Å². The molecule has 1 atom stereocenters. The van der Waals surface area contributed by atoms with E-state index >= 15 is 0 Å². The van der Waals surface area contributed by atoms with Crippen molar-refractivity contribution in [3.05, 3.63) is 77.5 Å². The van der Waals surface area contributed by atoms with Crippen LogP contribution in [0.25, 0.3) is 5.57 Å². The van der Waals surface area contributed by atoms with Crippen LogP contribution in [0.1, 0.15) is 42.7 Å². The predicted molar refractivity (Wildman–Crippen MR) is 135 cm³/mol. The summed E-state index contributed by atoms with van der Waals surface area (Å²) in [7, 11) is 0. The number of hydrogen-bond acceptors (Lipinski definition) is 5. The first-order valence-electron chi connectivity index (χ1n) is 10.4. The van der Waals surface area contributed by atoms with Gasteiger partial charge < -0.3 is 5.11 Å². The molecule has 2 aromatic carbocycles. The van der Waals surface area contributed by atoms with E-state index in [1.807, 2.05) is 24.3 Å². The number of nitrogens with zero attached hydrogens (tertiary/aromatic N) is 2. The molecule has 1 unspecified atom stereocenters. The Hall–Kier alpha value is -2.62. The Morgan fingerprint density at radius 3 is 2.58 bits per heavy atom. The molecule has 2 amide bonds. The molecular formula is C24H22BrN3O3S2. The van der Waals surface area contributed by atoms with Crippen LogP contribution < -0.4 is 16.0 Å². The van der Waals surface area contributed by atoms with Gasteiger partial charge in [-0.3, -0.25) is 15.0 Å². The van der Waals surface area contributed by atoms with Gasteiger partial charge in [0.1, 0.15) is 4.88 Å². The maximum atomic E-state index is 12.9. The van der Waals surface area contributed by atoms with Gasteiger partial charge in [0.25, 0.3) is 5.91 Å². The lowest BCUT2D eigenvalue weighted by Gasteiger charge is -2.14. The van der Waals surface area contributed by atoms with Gasteiger partial charge in [0.2, 0.25) is 11.8 Å². The average Bonchev–Trinajstić information content (AvgIpc) is 3.22. The third kappa shape index (κ3) is 4.71. The fraction of sp³-hybridized carbons (Fsp3) is 0.250. The number of aromatic nitrogens is 1. The van der Waals surface area contributed by atoms with Crippen molar-refractivity contribution in [2.45, 2.75) is 33.1 Å². The molecule has 2 N–H and O–H groups in total. The molecule has 0 spiro atoms. The van der Waals surface area contributed by atoms with Crippen LogP contribution in [0, 0.1) is 9.87 Å². The van der Waals surface area contributed by atoms with Crippen molar-refractivity contribution in [3.8, 4) is 5.88 Å². The van der Waals surface area contributed by atoms with Gasteiger partial charge in [0.05, 0.1) is 16.8 Å². The molecule has 0 aliphatic carbocycles. The Balaban J connectivity index is 1.63. The van der Waals surface area contributed by atoms with E-state index in [9.17, 15) is 14.7 Å². The molecule has 9 heteroatoms. The number of nitrogens with one attached hydrogen (secondary N) is 1. The molecule has 1 aliphatic heterocycles. The normalized spacial score (nSPS) is 13.7.